The van der Waals surface area contributed by atoms with Crippen LogP contribution in [0.2, 0.25) is 0 Å². The van der Waals surface area contributed by atoms with E-state index in [2.05, 4.69) is 15.4 Å². The summed E-state index contributed by atoms with van der Waals surface area (Å²) in [6.45, 7) is 0.328. The van der Waals surface area contributed by atoms with Crippen molar-refractivity contribution in [1.82, 2.24) is 24.6 Å². The predicted octanol–water partition coefficient (Wildman–Crippen LogP) is 2.53. The van der Waals surface area contributed by atoms with Gasteiger partial charge in [0, 0.05) is 12.2 Å². The molecule has 1 N–H and O–H groups in total. The Bertz CT molecular complexity index is 1230. The molecule has 5 rings (SSSR count). The molecule has 0 radical (unpaired) electrons. The Balaban J connectivity index is 1.42. The molecule has 9 heteroatoms. The van der Waals surface area contributed by atoms with Gasteiger partial charge in [0.25, 0.3) is 5.56 Å². The number of fused-ring (bicyclic) bond motifs is 2. The molecule has 0 fully saturated rings. The van der Waals surface area contributed by atoms with Crippen molar-refractivity contribution in [1.29, 1.82) is 0 Å². The summed E-state index contributed by atoms with van der Waals surface area (Å²) in [5.74, 6) is 1.18. The molecule has 29 heavy (non-hydrogen) atoms. The zero-order chi connectivity index (χ0) is 19.8. The normalized spacial score (nSPS) is 15.5. The van der Waals surface area contributed by atoms with Crippen LogP contribution in [0.3, 0.4) is 0 Å². The molecule has 0 saturated heterocycles. The van der Waals surface area contributed by atoms with Gasteiger partial charge in [-0.2, -0.15) is 5.10 Å². The van der Waals surface area contributed by atoms with Crippen molar-refractivity contribution >= 4 is 28.7 Å². The lowest BCUT2D eigenvalue weighted by Crippen LogP contribution is -2.30. The monoisotopic (exact) mass is 407 g/mol. The van der Waals surface area contributed by atoms with E-state index in [-0.39, 0.29) is 23.9 Å². The second-order valence-corrected chi connectivity index (χ2v) is 7.71. The van der Waals surface area contributed by atoms with Gasteiger partial charge < -0.3 is 9.73 Å². The molecule has 1 aromatic carbocycles. The molecule has 1 aliphatic rings. The van der Waals surface area contributed by atoms with Crippen molar-refractivity contribution in [3.8, 4) is 5.69 Å². The van der Waals surface area contributed by atoms with Crippen LogP contribution in [0, 0.1) is 0 Å². The number of furan rings is 1. The number of aromatic nitrogens is 4. The first-order chi connectivity index (χ1) is 14.2. The van der Waals surface area contributed by atoms with Crippen molar-refractivity contribution in [3.05, 3.63) is 71.0 Å². The van der Waals surface area contributed by atoms with Crippen molar-refractivity contribution in [3.63, 3.8) is 0 Å². The Hall–Kier alpha value is -3.33. The predicted molar refractivity (Wildman–Crippen MR) is 108 cm³/mol. The summed E-state index contributed by atoms with van der Waals surface area (Å²) in [6.07, 6.45) is 3.32. The van der Waals surface area contributed by atoms with Crippen molar-refractivity contribution in [2.45, 2.75) is 24.2 Å². The second-order valence-electron chi connectivity index (χ2n) is 6.72. The highest BCUT2D eigenvalue weighted by molar-refractivity contribution is 7.99. The maximum atomic E-state index is 13.1. The van der Waals surface area contributed by atoms with Gasteiger partial charge in [-0.1, -0.05) is 30.0 Å². The molecule has 0 aliphatic carbocycles. The number of amides is 1. The topological polar surface area (TPSA) is 95.0 Å². The first-order valence-corrected chi connectivity index (χ1v) is 10.2. The van der Waals surface area contributed by atoms with Gasteiger partial charge in [-0.15, -0.1) is 0 Å². The molecule has 1 unspecified atom stereocenters. The van der Waals surface area contributed by atoms with Crippen molar-refractivity contribution in [2.75, 3.05) is 5.75 Å². The van der Waals surface area contributed by atoms with E-state index in [1.807, 2.05) is 30.3 Å². The summed E-state index contributed by atoms with van der Waals surface area (Å²) in [7, 11) is 0. The van der Waals surface area contributed by atoms with Crippen LogP contribution in [-0.4, -0.2) is 31.0 Å². The molecule has 1 aliphatic heterocycles. The Kier molecular flexibility index (Phi) is 4.44. The fraction of sp³-hybridized carbons (Fsp3) is 0.200. The van der Waals surface area contributed by atoms with E-state index in [0.29, 0.717) is 34.2 Å². The third-order valence-corrected chi connectivity index (χ3v) is 5.93. The van der Waals surface area contributed by atoms with E-state index >= 15 is 0 Å². The number of nitrogens with one attached hydrogen (secondary N) is 1. The summed E-state index contributed by atoms with van der Waals surface area (Å²) >= 11 is 1.48. The first kappa shape index (κ1) is 17.7. The van der Waals surface area contributed by atoms with Gasteiger partial charge in [-0.25, -0.2) is 9.67 Å². The van der Waals surface area contributed by atoms with Gasteiger partial charge in [-0.05, 0) is 24.3 Å². The van der Waals surface area contributed by atoms with E-state index in [0.717, 1.165) is 5.69 Å². The molecule has 0 saturated carbocycles. The van der Waals surface area contributed by atoms with Gasteiger partial charge in [0.05, 0.1) is 30.7 Å². The number of para-hydroxylation sites is 1. The number of carbonyl (C=O) groups excluding carboxylic acids is 1. The van der Waals surface area contributed by atoms with Crippen LogP contribution in [0.1, 0.15) is 18.2 Å². The minimum atomic E-state index is -0.240. The van der Waals surface area contributed by atoms with Crippen LogP contribution in [0.4, 0.5) is 0 Å². The fourth-order valence-corrected chi connectivity index (χ4v) is 4.55. The van der Waals surface area contributed by atoms with E-state index in [1.54, 1.807) is 33.8 Å². The minimum absolute atomic E-state index is 0.133. The Morgan fingerprint density at radius 2 is 2.10 bits per heavy atom. The van der Waals surface area contributed by atoms with Crippen LogP contribution >= 0.6 is 11.8 Å². The van der Waals surface area contributed by atoms with E-state index in [4.69, 9.17) is 4.42 Å². The first-order valence-electron chi connectivity index (χ1n) is 9.18. The quantitative estimate of drug-likeness (QED) is 0.511. The molecule has 0 spiro atoms. The van der Waals surface area contributed by atoms with E-state index in [1.165, 1.54) is 11.8 Å². The summed E-state index contributed by atoms with van der Waals surface area (Å²) in [4.78, 5) is 30.1. The number of hydrogen-bond donors (Lipinski definition) is 1. The Labute approximate surface area is 169 Å². The SMILES string of the molecule is O=C(CC1CSc2nc3c(cnn3-c3ccccc3)c(=O)n21)NCc1ccco1. The zero-order valence-electron chi connectivity index (χ0n) is 15.3. The third kappa shape index (κ3) is 3.23. The standard InChI is InChI=1S/C20H17N5O3S/c26-17(21-10-15-7-4-8-28-15)9-14-12-29-20-23-18-16(19(27)24(14)20)11-22-25(18)13-5-2-1-3-6-13/h1-8,11,14H,9-10,12H2,(H,21,26). The number of hydrogen-bond acceptors (Lipinski definition) is 6. The number of benzene rings is 1. The van der Waals surface area contributed by atoms with E-state index < -0.39 is 0 Å². The third-order valence-electron chi connectivity index (χ3n) is 4.83. The molecule has 4 aromatic rings. The molecular formula is C20H17N5O3S. The molecule has 1 atom stereocenters. The maximum Gasteiger partial charge on any atom is 0.265 e. The van der Waals surface area contributed by atoms with Gasteiger partial charge in [0.1, 0.15) is 11.1 Å². The van der Waals surface area contributed by atoms with Gasteiger partial charge in [-0.3, -0.25) is 14.2 Å². The Morgan fingerprint density at radius 3 is 2.90 bits per heavy atom. The molecule has 1 amide bonds. The van der Waals surface area contributed by atoms with Gasteiger partial charge in [0.2, 0.25) is 5.91 Å². The van der Waals surface area contributed by atoms with Crippen molar-refractivity contribution < 1.29 is 9.21 Å². The molecule has 0 bridgehead atoms. The number of carbonyl (C=O) groups is 1. The summed E-state index contributed by atoms with van der Waals surface area (Å²) in [5, 5.41) is 8.24. The van der Waals surface area contributed by atoms with Crippen LogP contribution in [0.15, 0.2) is 69.3 Å². The minimum Gasteiger partial charge on any atom is -0.467 e. The molecule has 8 nitrogen and oxygen atoms in total. The van der Waals surface area contributed by atoms with Crippen LogP contribution in [0.5, 0.6) is 0 Å². The smallest absolute Gasteiger partial charge is 0.265 e. The number of rotatable bonds is 5. The van der Waals surface area contributed by atoms with Gasteiger partial charge in [0.15, 0.2) is 10.8 Å². The molecule has 146 valence electrons. The summed E-state index contributed by atoms with van der Waals surface area (Å²) in [6, 6.07) is 12.9. The lowest BCUT2D eigenvalue weighted by atomic mass is 10.2. The molecule has 4 heterocycles. The van der Waals surface area contributed by atoms with Crippen molar-refractivity contribution in [2.24, 2.45) is 0 Å². The lowest BCUT2D eigenvalue weighted by molar-refractivity contribution is -0.122. The maximum absolute atomic E-state index is 13.1. The summed E-state index contributed by atoms with van der Waals surface area (Å²) in [5.41, 5.74) is 1.21. The number of thioether (sulfide) groups is 1. The lowest BCUT2D eigenvalue weighted by Gasteiger charge is -2.13. The average molecular weight is 407 g/mol. The van der Waals surface area contributed by atoms with Gasteiger partial charge >= 0.3 is 0 Å². The number of nitrogens with zero attached hydrogens (tertiary/aromatic N) is 4. The Morgan fingerprint density at radius 1 is 1.24 bits per heavy atom. The van der Waals surface area contributed by atoms with Crippen LogP contribution in [0.25, 0.3) is 16.7 Å². The highest BCUT2D eigenvalue weighted by atomic mass is 32.2. The fourth-order valence-electron chi connectivity index (χ4n) is 3.42. The summed E-state index contributed by atoms with van der Waals surface area (Å²) < 4.78 is 8.51. The largest absolute Gasteiger partial charge is 0.467 e. The molecule has 3 aromatic heterocycles. The van der Waals surface area contributed by atoms with Crippen LogP contribution in [-0.2, 0) is 11.3 Å². The highest BCUT2D eigenvalue weighted by Crippen LogP contribution is 2.33. The average Bonchev–Trinajstić information content (AvgIpc) is 3.48. The van der Waals surface area contributed by atoms with Crippen LogP contribution < -0.4 is 10.9 Å². The highest BCUT2D eigenvalue weighted by Gasteiger charge is 2.29. The molecular weight excluding hydrogens is 390 g/mol. The van der Waals surface area contributed by atoms with E-state index in [9.17, 15) is 9.59 Å². The zero-order valence-corrected chi connectivity index (χ0v) is 16.1. The second kappa shape index (κ2) is 7.25.